The van der Waals surface area contributed by atoms with E-state index in [1.807, 2.05) is 0 Å². The number of nitro benzene ring substituents is 1. The predicted molar refractivity (Wildman–Crippen MR) is 65.0 cm³/mol. The second-order valence-electron chi connectivity index (χ2n) is 4.29. The first-order chi connectivity index (χ1) is 8.66. The molecule has 1 aromatic rings. The maximum Gasteiger partial charge on any atom is 0.269 e. The number of hydrogen-bond acceptors (Lipinski definition) is 5. The maximum atomic E-state index is 10.7. The number of benzene rings is 1. The lowest BCUT2D eigenvalue weighted by molar-refractivity contribution is -0.385. The van der Waals surface area contributed by atoms with Gasteiger partial charge in [-0.3, -0.25) is 10.1 Å². The van der Waals surface area contributed by atoms with Crippen LogP contribution in [0, 0.1) is 10.1 Å². The molecule has 1 aromatic carbocycles. The molecule has 6 nitrogen and oxygen atoms in total. The molecule has 1 aliphatic heterocycles. The summed E-state index contributed by atoms with van der Waals surface area (Å²) in [5.74, 6) is 0. The maximum absolute atomic E-state index is 10.7. The summed E-state index contributed by atoms with van der Waals surface area (Å²) in [7, 11) is 0. The van der Waals surface area contributed by atoms with Crippen LogP contribution in [-0.4, -0.2) is 24.2 Å². The van der Waals surface area contributed by atoms with Crippen LogP contribution in [0.1, 0.15) is 24.7 Å². The van der Waals surface area contributed by atoms with E-state index < -0.39 is 11.2 Å². The monoisotopic (exact) mass is 252 g/mol. The molecule has 0 aromatic heterocycles. The Bertz CT molecular complexity index is 424. The van der Waals surface area contributed by atoms with Crippen LogP contribution in [0.3, 0.4) is 0 Å². The number of ether oxygens (including phenoxy) is 2. The average Bonchev–Trinajstić information content (AvgIpc) is 2.34. The fraction of sp³-hybridized carbons (Fsp3) is 0.500. The van der Waals surface area contributed by atoms with Gasteiger partial charge in [-0.25, -0.2) is 0 Å². The second kappa shape index (κ2) is 5.90. The van der Waals surface area contributed by atoms with Crippen molar-refractivity contribution in [1.29, 1.82) is 0 Å². The van der Waals surface area contributed by atoms with Gasteiger partial charge in [0.05, 0.1) is 18.1 Å². The van der Waals surface area contributed by atoms with E-state index >= 15 is 0 Å². The number of nitrogens with zero attached hydrogens (tertiary/aromatic N) is 1. The highest BCUT2D eigenvalue weighted by atomic mass is 16.7. The van der Waals surface area contributed by atoms with Gasteiger partial charge in [-0.1, -0.05) is 12.1 Å². The Morgan fingerprint density at radius 2 is 2.22 bits per heavy atom. The molecule has 6 heteroatoms. The third-order valence-electron chi connectivity index (χ3n) is 2.80. The smallest absolute Gasteiger partial charge is 0.269 e. The Morgan fingerprint density at radius 1 is 1.39 bits per heavy atom. The molecule has 0 radical (unpaired) electrons. The van der Waals surface area contributed by atoms with Crippen LogP contribution in [0.25, 0.3) is 0 Å². The summed E-state index contributed by atoms with van der Waals surface area (Å²) in [6, 6.07) is 6.29. The lowest BCUT2D eigenvalue weighted by Gasteiger charge is -2.24. The predicted octanol–water partition coefficient (Wildman–Crippen LogP) is 1.75. The Balaban J connectivity index is 2.13. The first kappa shape index (κ1) is 12.9. The Morgan fingerprint density at radius 3 is 3.00 bits per heavy atom. The SMILES string of the molecule is N[C@H]1CCCO[C@H](c2cccc([N+](=O)[O-])c2)OC1. The number of nitro groups is 1. The largest absolute Gasteiger partial charge is 0.348 e. The number of hydrogen-bond donors (Lipinski definition) is 1. The van der Waals surface area contributed by atoms with E-state index in [1.165, 1.54) is 12.1 Å². The quantitative estimate of drug-likeness (QED) is 0.640. The molecule has 0 bridgehead atoms. The fourth-order valence-corrected chi connectivity index (χ4v) is 1.86. The minimum Gasteiger partial charge on any atom is -0.348 e. The summed E-state index contributed by atoms with van der Waals surface area (Å²) < 4.78 is 11.1. The van der Waals surface area contributed by atoms with Crippen molar-refractivity contribution in [2.75, 3.05) is 13.2 Å². The molecule has 0 amide bonds. The summed E-state index contributed by atoms with van der Waals surface area (Å²) in [5, 5.41) is 10.7. The van der Waals surface area contributed by atoms with Crippen molar-refractivity contribution in [1.82, 2.24) is 0 Å². The van der Waals surface area contributed by atoms with Crippen LogP contribution >= 0.6 is 0 Å². The zero-order valence-electron chi connectivity index (χ0n) is 9.95. The minimum atomic E-state index is -0.573. The molecule has 0 unspecified atom stereocenters. The van der Waals surface area contributed by atoms with Crippen LogP contribution in [0.4, 0.5) is 5.69 Å². The Kier molecular flexibility index (Phi) is 4.24. The Hall–Kier alpha value is -1.50. The van der Waals surface area contributed by atoms with Crippen LogP contribution in [-0.2, 0) is 9.47 Å². The van der Waals surface area contributed by atoms with Gasteiger partial charge in [0.2, 0.25) is 0 Å². The van der Waals surface area contributed by atoms with E-state index in [1.54, 1.807) is 12.1 Å². The van der Waals surface area contributed by atoms with Crippen molar-refractivity contribution < 1.29 is 14.4 Å². The number of nitrogens with two attached hydrogens (primary N) is 1. The normalized spacial score (nSPS) is 25.2. The van der Waals surface area contributed by atoms with E-state index in [0.29, 0.717) is 18.8 Å². The lowest BCUT2D eigenvalue weighted by Crippen LogP contribution is -2.30. The van der Waals surface area contributed by atoms with E-state index in [0.717, 1.165) is 12.8 Å². The summed E-state index contributed by atoms with van der Waals surface area (Å²) in [6.07, 6.45) is 1.16. The van der Waals surface area contributed by atoms with Gasteiger partial charge in [-0.15, -0.1) is 0 Å². The Labute approximate surface area is 105 Å². The topological polar surface area (TPSA) is 87.6 Å². The van der Waals surface area contributed by atoms with Gasteiger partial charge in [0, 0.05) is 23.7 Å². The van der Waals surface area contributed by atoms with E-state index in [2.05, 4.69) is 0 Å². The highest BCUT2D eigenvalue weighted by molar-refractivity contribution is 5.34. The van der Waals surface area contributed by atoms with Crippen LogP contribution in [0.15, 0.2) is 24.3 Å². The molecule has 2 N–H and O–H groups in total. The zero-order valence-corrected chi connectivity index (χ0v) is 9.95. The van der Waals surface area contributed by atoms with E-state index in [-0.39, 0.29) is 11.7 Å². The van der Waals surface area contributed by atoms with Crippen LogP contribution < -0.4 is 5.73 Å². The summed E-state index contributed by atoms with van der Waals surface area (Å²) >= 11 is 0. The second-order valence-corrected chi connectivity index (χ2v) is 4.29. The van der Waals surface area contributed by atoms with Crippen molar-refractivity contribution in [3.8, 4) is 0 Å². The zero-order chi connectivity index (χ0) is 13.0. The number of rotatable bonds is 2. The average molecular weight is 252 g/mol. The van der Waals surface area contributed by atoms with Crippen molar-refractivity contribution in [2.24, 2.45) is 5.73 Å². The molecule has 1 saturated heterocycles. The fourth-order valence-electron chi connectivity index (χ4n) is 1.86. The molecule has 0 aliphatic carbocycles. The summed E-state index contributed by atoms with van der Waals surface area (Å²) in [4.78, 5) is 10.3. The highest BCUT2D eigenvalue weighted by Gasteiger charge is 2.19. The third kappa shape index (κ3) is 3.25. The standard InChI is InChI=1S/C12H16N2O4/c13-10-4-2-6-17-12(18-8-10)9-3-1-5-11(7-9)14(15)16/h1,3,5,7,10,12H,2,4,6,8,13H2/t10-,12-/m0/s1. The first-order valence-corrected chi connectivity index (χ1v) is 5.90. The third-order valence-corrected chi connectivity index (χ3v) is 2.80. The summed E-state index contributed by atoms with van der Waals surface area (Å²) in [5.41, 5.74) is 6.52. The van der Waals surface area contributed by atoms with Gasteiger partial charge in [-0.2, -0.15) is 0 Å². The van der Waals surface area contributed by atoms with Crippen molar-refractivity contribution >= 4 is 5.69 Å². The van der Waals surface area contributed by atoms with Gasteiger partial charge in [0.1, 0.15) is 0 Å². The number of non-ortho nitro benzene ring substituents is 1. The summed E-state index contributed by atoms with van der Waals surface area (Å²) in [6.45, 7) is 0.939. The van der Waals surface area contributed by atoms with Crippen LogP contribution in [0.2, 0.25) is 0 Å². The van der Waals surface area contributed by atoms with Gasteiger partial charge < -0.3 is 15.2 Å². The molecule has 2 atom stereocenters. The van der Waals surface area contributed by atoms with E-state index in [9.17, 15) is 10.1 Å². The van der Waals surface area contributed by atoms with Crippen molar-refractivity contribution in [3.63, 3.8) is 0 Å². The molecule has 98 valence electrons. The van der Waals surface area contributed by atoms with E-state index in [4.69, 9.17) is 15.2 Å². The first-order valence-electron chi connectivity index (χ1n) is 5.90. The van der Waals surface area contributed by atoms with Crippen LogP contribution in [0.5, 0.6) is 0 Å². The molecule has 18 heavy (non-hydrogen) atoms. The lowest BCUT2D eigenvalue weighted by atomic mass is 10.1. The molecular weight excluding hydrogens is 236 g/mol. The van der Waals surface area contributed by atoms with Gasteiger partial charge in [0.25, 0.3) is 5.69 Å². The van der Waals surface area contributed by atoms with Crippen molar-refractivity contribution in [2.45, 2.75) is 25.2 Å². The molecule has 2 rings (SSSR count). The molecule has 1 fully saturated rings. The molecule has 0 spiro atoms. The van der Waals surface area contributed by atoms with Gasteiger partial charge >= 0.3 is 0 Å². The molecular formula is C12H16N2O4. The highest BCUT2D eigenvalue weighted by Crippen LogP contribution is 2.25. The molecule has 1 aliphatic rings. The molecule has 0 saturated carbocycles. The molecule has 1 heterocycles. The van der Waals surface area contributed by atoms with Crippen molar-refractivity contribution in [3.05, 3.63) is 39.9 Å². The van der Waals surface area contributed by atoms with Gasteiger partial charge in [-0.05, 0) is 12.8 Å². The minimum absolute atomic E-state index is 0.00454. The van der Waals surface area contributed by atoms with Gasteiger partial charge in [0.15, 0.2) is 6.29 Å².